The molecule has 0 saturated carbocycles. The van der Waals surface area contributed by atoms with Gasteiger partial charge in [-0.25, -0.2) is 0 Å². The van der Waals surface area contributed by atoms with Crippen molar-refractivity contribution in [3.63, 3.8) is 0 Å². The van der Waals surface area contributed by atoms with E-state index in [1.54, 1.807) is 0 Å². The van der Waals surface area contributed by atoms with Gasteiger partial charge in [-0.1, -0.05) is 0 Å². The molecule has 0 radical (unpaired) electrons. The summed E-state index contributed by atoms with van der Waals surface area (Å²) in [7, 11) is 0. The van der Waals surface area contributed by atoms with Gasteiger partial charge in [0, 0.05) is 6.61 Å². The average Bonchev–Trinajstić information content (AvgIpc) is 2.09. The summed E-state index contributed by atoms with van der Waals surface area (Å²) >= 11 is 0. The fourth-order valence-corrected chi connectivity index (χ4v) is 0.576. The molecule has 12 heavy (non-hydrogen) atoms. The predicted molar refractivity (Wildman–Crippen MR) is 41.3 cm³/mol. The number of aliphatic hydroxyl groups excluding tert-OH is 1. The molecule has 0 spiro atoms. The van der Waals surface area contributed by atoms with Crippen LogP contribution in [0.5, 0.6) is 0 Å². The number of carbonyl (C=O) groups is 2. The predicted octanol–water partition coefficient (Wildman–Crippen LogP) is -0.952. The molecule has 0 aliphatic carbocycles. The molecule has 0 atom stereocenters. The molecule has 0 heterocycles. The van der Waals surface area contributed by atoms with Crippen molar-refractivity contribution in [2.24, 2.45) is 0 Å². The highest BCUT2D eigenvalue weighted by molar-refractivity contribution is 5.73. The Kier molecular flexibility index (Phi) is 7.27. The lowest BCUT2D eigenvalue weighted by Crippen LogP contribution is -2.23. The van der Waals surface area contributed by atoms with Crippen molar-refractivity contribution in [3.8, 4) is 0 Å². The van der Waals surface area contributed by atoms with E-state index in [1.165, 1.54) is 0 Å². The number of esters is 1. The zero-order valence-corrected chi connectivity index (χ0v) is 6.78. The number of nitrogens with one attached hydrogen (secondary N) is 1. The molecule has 0 fully saturated rings. The van der Waals surface area contributed by atoms with E-state index < -0.39 is 5.97 Å². The van der Waals surface area contributed by atoms with Crippen molar-refractivity contribution in [2.45, 2.75) is 12.8 Å². The molecule has 5 heteroatoms. The molecule has 5 nitrogen and oxygen atoms in total. The number of hydrogen-bond acceptors (Lipinski definition) is 4. The van der Waals surface area contributed by atoms with E-state index in [0.29, 0.717) is 25.9 Å². The van der Waals surface area contributed by atoms with Crippen molar-refractivity contribution >= 4 is 12.4 Å². The number of carbonyl (C=O) groups excluding carboxylic acids is 2. The zero-order valence-electron chi connectivity index (χ0n) is 6.78. The van der Waals surface area contributed by atoms with Crippen LogP contribution in [0.2, 0.25) is 0 Å². The molecular formula is C7H13NO4. The van der Waals surface area contributed by atoms with E-state index in [0.717, 1.165) is 0 Å². The number of rotatable bonds is 7. The summed E-state index contributed by atoms with van der Waals surface area (Å²) in [4.78, 5) is 20.4. The Hall–Kier alpha value is -1.10. The van der Waals surface area contributed by atoms with Crippen LogP contribution in [0.4, 0.5) is 0 Å². The standard InChI is InChI=1S/C7H13NO4/c9-3-1-2-4-12-7(11)5-8-6-10/h6,9H,1-5H2,(H,8,10). The van der Waals surface area contributed by atoms with Gasteiger partial charge in [0.15, 0.2) is 0 Å². The zero-order chi connectivity index (χ0) is 9.23. The quantitative estimate of drug-likeness (QED) is 0.297. The summed E-state index contributed by atoms with van der Waals surface area (Å²) in [6.07, 6.45) is 1.70. The van der Waals surface area contributed by atoms with E-state index in [9.17, 15) is 9.59 Å². The minimum Gasteiger partial charge on any atom is -0.464 e. The van der Waals surface area contributed by atoms with E-state index in [2.05, 4.69) is 10.1 Å². The molecule has 2 N–H and O–H groups in total. The van der Waals surface area contributed by atoms with Crippen molar-refractivity contribution < 1.29 is 19.4 Å². The summed E-state index contributed by atoms with van der Waals surface area (Å²) < 4.78 is 4.67. The average molecular weight is 175 g/mol. The third-order valence-electron chi connectivity index (χ3n) is 1.15. The fourth-order valence-electron chi connectivity index (χ4n) is 0.576. The van der Waals surface area contributed by atoms with Gasteiger partial charge < -0.3 is 15.2 Å². The first-order valence-electron chi connectivity index (χ1n) is 3.74. The molecular weight excluding hydrogens is 162 g/mol. The van der Waals surface area contributed by atoms with Crippen LogP contribution in [-0.2, 0) is 14.3 Å². The minimum atomic E-state index is -0.458. The van der Waals surface area contributed by atoms with E-state index in [4.69, 9.17) is 5.11 Å². The number of aliphatic hydroxyl groups is 1. The number of amides is 1. The van der Waals surface area contributed by atoms with Crippen molar-refractivity contribution in [3.05, 3.63) is 0 Å². The first kappa shape index (κ1) is 10.9. The van der Waals surface area contributed by atoms with Gasteiger partial charge in [-0.15, -0.1) is 0 Å². The van der Waals surface area contributed by atoms with Crippen LogP contribution >= 0.6 is 0 Å². The molecule has 0 aromatic carbocycles. The third kappa shape index (κ3) is 7.01. The van der Waals surface area contributed by atoms with E-state index >= 15 is 0 Å². The number of hydrogen-bond donors (Lipinski definition) is 2. The van der Waals surface area contributed by atoms with Gasteiger partial charge in [-0.05, 0) is 12.8 Å². The molecule has 70 valence electrons. The van der Waals surface area contributed by atoms with Crippen LogP contribution in [-0.4, -0.2) is 37.2 Å². The summed E-state index contributed by atoms with van der Waals surface area (Å²) in [5, 5.41) is 10.6. The van der Waals surface area contributed by atoms with Crippen LogP contribution < -0.4 is 5.32 Å². The van der Waals surface area contributed by atoms with Gasteiger partial charge in [0.1, 0.15) is 6.54 Å². The van der Waals surface area contributed by atoms with Gasteiger partial charge in [0.05, 0.1) is 6.61 Å². The monoisotopic (exact) mass is 175 g/mol. The Morgan fingerprint density at radius 3 is 2.83 bits per heavy atom. The minimum absolute atomic E-state index is 0.0946. The van der Waals surface area contributed by atoms with Crippen LogP contribution in [0.25, 0.3) is 0 Å². The molecule has 0 unspecified atom stereocenters. The van der Waals surface area contributed by atoms with Gasteiger partial charge in [-0.3, -0.25) is 9.59 Å². The highest BCUT2D eigenvalue weighted by atomic mass is 16.5. The largest absolute Gasteiger partial charge is 0.464 e. The molecule has 0 aliphatic rings. The lowest BCUT2D eigenvalue weighted by molar-refractivity contribution is -0.143. The molecule has 0 aromatic heterocycles. The molecule has 0 aromatic rings. The maximum Gasteiger partial charge on any atom is 0.325 e. The normalized spacial score (nSPS) is 9.08. The SMILES string of the molecule is O=CNCC(=O)OCCCCO. The Bertz CT molecular complexity index is 137. The molecule has 0 rings (SSSR count). The molecule has 1 amide bonds. The third-order valence-corrected chi connectivity index (χ3v) is 1.15. The fraction of sp³-hybridized carbons (Fsp3) is 0.714. The molecule has 0 saturated heterocycles. The van der Waals surface area contributed by atoms with Crippen molar-refractivity contribution in [1.82, 2.24) is 5.32 Å². The second-order valence-electron chi connectivity index (χ2n) is 2.15. The number of ether oxygens (including phenoxy) is 1. The topological polar surface area (TPSA) is 75.6 Å². The van der Waals surface area contributed by atoms with Gasteiger partial charge in [0.25, 0.3) is 0 Å². The molecule has 0 bridgehead atoms. The Labute approximate surface area is 70.7 Å². The smallest absolute Gasteiger partial charge is 0.325 e. The summed E-state index contributed by atoms with van der Waals surface area (Å²) in [6.45, 7) is 0.298. The van der Waals surface area contributed by atoms with E-state index in [1.807, 2.05) is 0 Å². The Morgan fingerprint density at radius 2 is 2.25 bits per heavy atom. The second-order valence-corrected chi connectivity index (χ2v) is 2.15. The number of unbranched alkanes of at least 4 members (excludes halogenated alkanes) is 1. The van der Waals surface area contributed by atoms with Crippen molar-refractivity contribution in [2.75, 3.05) is 19.8 Å². The summed E-state index contributed by atoms with van der Waals surface area (Å²) in [5.74, 6) is -0.458. The lowest BCUT2D eigenvalue weighted by atomic mass is 10.3. The Morgan fingerprint density at radius 1 is 1.50 bits per heavy atom. The van der Waals surface area contributed by atoms with Crippen LogP contribution in [0.3, 0.4) is 0 Å². The first-order chi connectivity index (χ1) is 5.81. The maximum absolute atomic E-state index is 10.7. The van der Waals surface area contributed by atoms with Gasteiger partial charge >= 0.3 is 5.97 Å². The van der Waals surface area contributed by atoms with Crippen LogP contribution in [0.1, 0.15) is 12.8 Å². The Balaban J connectivity index is 3.13. The van der Waals surface area contributed by atoms with Crippen LogP contribution in [0.15, 0.2) is 0 Å². The first-order valence-corrected chi connectivity index (χ1v) is 3.74. The van der Waals surface area contributed by atoms with Gasteiger partial charge in [0.2, 0.25) is 6.41 Å². The van der Waals surface area contributed by atoms with Gasteiger partial charge in [-0.2, -0.15) is 0 Å². The highest BCUT2D eigenvalue weighted by Crippen LogP contribution is 1.88. The highest BCUT2D eigenvalue weighted by Gasteiger charge is 1.99. The summed E-state index contributed by atoms with van der Waals surface area (Å²) in [6, 6.07) is 0. The lowest BCUT2D eigenvalue weighted by Gasteiger charge is -2.02. The maximum atomic E-state index is 10.7. The van der Waals surface area contributed by atoms with Crippen molar-refractivity contribution in [1.29, 1.82) is 0 Å². The van der Waals surface area contributed by atoms with Crippen LogP contribution in [0, 0.1) is 0 Å². The molecule has 0 aliphatic heterocycles. The summed E-state index contributed by atoms with van der Waals surface area (Å²) in [5.41, 5.74) is 0. The second kappa shape index (κ2) is 8.00. The van der Waals surface area contributed by atoms with E-state index in [-0.39, 0.29) is 13.2 Å².